The van der Waals surface area contributed by atoms with Gasteiger partial charge in [-0.2, -0.15) is 0 Å². The van der Waals surface area contributed by atoms with E-state index in [0.717, 1.165) is 0 Å². The van der Waals surface area contributed by atoms with Crippen LogP contribution in [0.2, 0.25) is 0 Å². The highest BCUT2D eigenvalue weighted by Gasteiger charge is 2.40. The highest BCUT2D eigenvalue weighted by molar-refractivity contribution is 5.90. The number of aliphatic hydroxyl groups is 3. The molecular formula is C17H19NO9. The van der Waals surface area contributed by atoms with Gasteiger partial charge in [-0.3, -0.25) is 4.98 Å². The van der Waals surface area contributed by atoms with Gasteiger partial charge in [-0.25, -0.2) is 9.59 Å². The topological polar surface area (TPSA) is 145 Å². The molecule has 3 rings (SSSR count). The molecule has 0 amide bonds. The van der Waals surface area contributed by atoms with Gasteiger partial charge >= 0.3 is 11.9 Å². The van der Waals surface area contributed by atoms with Crippen molar-refractivity contribution >= 4 is 11.9 Å². The van der Waals surface area contributed by atoms with Crippen LogP contribution in [0, 0.1) is 0 Å². The van der Waals surface area contributed by atoms with E-state index < -0.39 is 48.1 Å². The highest BCUT2D eigenvalue weighted by Crippen LogP contribution is 2.27. The first-order valence-corrected chi connectivity index (χ1v) is 8.31. The molecule has 1 aromatic heterocycles. The third-order valence-corrected chi connectivity index (χ3v) is 4.00. The van der Waals surface area contributed by atoms with Crippen molar-refractivity contribution in [2.24, 2.45) is 0 Å². The molecule has 0 bridgehead atoms. The predicted molar refractivity (Wildman–Crippen MR) is 86.1 cm³/mol. The van der Waals surface area contributed by atoms with E-state index in [9.17, 15) is 24.9 Å². The summed E-state index contributed by atoms with van der Waals surface area (Å²) in [5, 5.41) is 29.4. The van der Waals surface area contributed by atoms with E-state index in [1.54, 1.807) is 12.1 Å². The molecule has 4 atom stereocenters. The third-order valence-electron chi connectivity index (χ3n) is 4.00. The average Bonchev–Trinajstić information content (AvgIpc) is 2.92. The van der Waals surface area contributed by atoms with Gasteiger partial charge in [0.1, 0.15) is 6.10 Å². The molecule has 2 aliphatic rings. The lowest BCUT2D eigenvalue weighted by Crippen LogP contribution is -2.42. The lowest BCUT2D eigenvalue weighted by molar-refractivity contribution is -0.222. The molecule has 3 heterocycles. The second-order valence-electron chi connectivity index (χ2n) is 6.05. The molecule has 0 aromatic carbocycles. The van der Waals surface area contributed by atoms with Crippen molar-refractivity contribution in [3.8, 4) is 0 Å². The Morgan fingerprint density at radius 2 is 2.19 bits per heavy atom. The molecule has 1 fully saturated rings. The van der Waals surface area contributed by atoms with Gasteiger partial charge in [0.25, 0.3) is 0 Å². The van der Waals surface area contributed by atoms with Crippen LogP contribution < -0.4 is 0 Å². The molecule has 3 N–H and O–H groups in total. The van der Waals surface area contributed by atoms with Gasteiger partial charge in [-0.05, 0) is 12.1 Å². The number of ether oxygens (including phenoxy) is 4. The zero-order chi connectivity index (χ0) is 19.4. The van der Waals surface area contributed by atoms with Gasteiger partial charge in [-0.15, -0.1) is 0 Å². The fraction of sp³-hybridized carbons (Fsp3) is 0.471. The van der Waals surface area contributed by atoms with Crippen molar-refractivity contribution in [3.63, 3.8) is 0 Å². The second-order valence-corrected chi connectivity index (χ2v) is 6.05. The Labute approximate surface area is 153 Å². The van der Waals surface area contributed by atoms with E-state index in [-0.39, 0.29) is 31.6 Å². The van der Waals surface area contributed by atoms with E-state index in [1.165, 1.54) is 12.4 Å². The van der Waals surface area contributed by atoms with Crippen LogP contribution in [-0.4, -0.2) is 70.1 Å². The zero-order valence-corrected chi connectivity index (χ0v) is 14.2. The van der Waals surface area contributed by atoms with E-state index in [4.69, 9.17) is 18.9 Å². The Hall–Kier alpha value is -2.69. The smallest absolute Gasteiger partial charge is 0.378 e. The van der Waals surface area contributed by atoms with Crippen LogP contribution in [0.15, 0.2) is 36.0 Å². The Kier molecular flexibility index (Phi) is 5.89. The number of cyclic esters (lactones) is 1. The number of hydrogen-bond donors (Lipinski definition) is 3. The molecule has 0 saturated carbocycles. The number of pyridine rings is 1. The van der Waals surface area contributed by atoms with Crippen LogP contribution in [0.3, 0.4) is 0 Å². The number of esters is 2. The summed E-state index contributed by atoms with van der Waals surface area (Å²) in [6, 6.07) is 3.13. The van der Waals surface area contributed by atoms with Gasteiger partial charge in [-0.1, -0.05) is 0 Å². The molecule has 0 aliphatic carbocycles. The van der Waals surface area contributed by atoms with Crippen LogP contribution in [0.5, 0.6) is 0 Å². The number of aliphatic hydroxyl groups excluding tert-OH is 3. The minimum atomic E-state index is -1.21. The molecule has 0 spiro atoms. The zero-order valence-electron chi connectivity index (χ0n) is 14.2. The molecule has 146 valence electrons. The molecule has 27 heavy (non-hydrogen) atoms. The van der Waals surface area contributed by atoms with E-state index in [1.807, 2.05) is 0 Å². The molecule has 0 radical (unpaired) electrons. The van der Waals surface area contributed by atoms with Gasteiger partial charge in [0.2, 0.25) is 12.0 Å². The van der Waals surface area contributed by atoms with Crippen LogP contribution in [0.4, 0.5) is 0 Å². The molecule has 2 aliphatic heterocycles. The summed E-state index contributed by atoms with van der Waals surface area (Å²) in [4.78, 5) is 27.5. The standard InChI is InChI=1S/C17H19NO9/c19-10-6-11(20)17(25-8-10)27-14-13(21)12(26-16(14)23)3-5-24-15(22)9-2-1-4-18-7-9/h1-2,4,7,10-12,17,19-21H,3,5-6,8H2. The number of carbonyl (C=O) groups is 2. The lowest BCUT2D eigenvalue weighted by Gasteiger charge is -2.30. The van der Waals surface area contributed by atoms with E-state index in [0.29, 0.717) is 0 Å². The quantitative estimate of drug-likeness (QED) is 0.567. The summed E-state index contributed by atoms with van der Waals surface area (Å²) in [6.07, 6.45) is -1.34. The molecule has 10 heteroatoms. The molecular weight excluding hydrogens is 362 g/mol. The first-order valence-electron chi connectivity index (χ1n) is 8.31. The molecule has 1 aromatic rings. The first-order chi connectivity index (χ1) is 13.0. The Bertz CT molecular complexity index is 720. The number of nitrogens with zero attached hydrogens (tertiary/aromatic N) is 1. The van der Waals surface area contributed by atoms with Gasteiger partial charge < -0.3 is 34.3 Å². The monoisotopic (exact) mass is 381 g/mol. The van der Waals surface area contributed by atoms with Crippen LogP contribution in [0.1, 0.15) is 23.2 Å². The van der Waals surface area contributed by atoms with Crippen LogP contribution in [0.25, 0.3) is 0 Å². The SMILES string of the molecule is O=C1OC(CCOC(=O)c2cccnc2)C(O)=C1OC1OCC(O)CC1O. The highest BCUT2D eigenvalue weighted by atomic mass is 16.7. The third kappa shape index (κ3) is 4.54. The minimum absolute atomic E-state index is 0.0154. The van der Waals surface area contributed by atoms with Crippen molar-refractivity contribution in [1.82, 2.24) is 4.98 Å². The summed E-state index contributed by atoms with van der Waals surface area (Å²) in [6.45, 7) is -0.184. The summed E-state index contributed by atoms with van der Waals surface area (Å²) < 4.78 is 20.4. The predicted octanol–water partition coefficient (Wildman–Crippen LogP) is -0.192. The normalized spacial score (nSPS) is 28.0. The number of carbonyl (C=O) groups excluding carboxylic acids is 2. The average molecular weight is 381 g/mol. The van der Waals surface area contributed by atoms with Crippen molar-refractivity contribution in [1.29, 1.82) is 0 Å². The minimum Gasteiger partial charge on any atom is -0.505 e. The van der Waals surface area contributed by atoms with Gasteiger partial charge in [0, 0.05) is 25.2 Å². The second kappa shape index (κ2) is 8.33. The summed E-state index contributed by atoms with van der Waals surface area (Å²) >= 11 is 0. The summed E-state index contributed by atoms with van der Waals surface area (Å²) in [5.74, 6) is -2.46. The van der Waals surface area contributed by atoms with Crippen molar-refractivity contribution in [2.45, 2.75) is 37.4 Å². The number of aromatic nitrogens is 1. The van der Waals surface area contributed by atoms with E-state index in [2.05, 4.69) is 4.98 Å². The fourth-order valence-electron chi connectivity index (χ4n) is 2.62. The van der Waals surface area contributed by atoms with Crippen LogP contribution in [-0.2, 0) is 23.7 Å². The summed E-state index contributed by atoms with van der Waals surface area (Å²) in [7, 11) is 0. The van der Waals surface area contributed by atoms with Gasteiger partial charge in [0.15, 0.2) is 11.9 Å². The largest absolute Gasteiger partial charge is 0.505 e. The van der Waals surface area contributed by atoms with Crippen LogP contribution >= 0.6 is 0 Å². The maximum absolute atomic E-state index is 11.9. The maximum Gasteiger partial charge on any atom is 0.378 e. The molecule has 1 saturated heterocycles. The van der Waals surface area contributed by atoms with E-state index >= 15 is 0 Å². The Morgan fingerprint density at radius 1 is 1.37 bits per heavy atom. The first kappa shape index (κ1) is 19.1. The van der Waals surface area contributed by atoms with Crippen molar-refractivity contribution < 1.29 is 43.9 Å². The Balaban J connectivity index is 1.53. The van der Waals surface area contributed by atoms with Gasteiger partial charge in [0.05, 0.1) is 24.9 Å². The Morgan fingerprint density at radius 3 is 2.89 bits per heavy atom. The number of hydrogen-bond acceptors (Lipinski definition) is 10. The van der Waals surface area contributed by atoms with Crippen molar-refractivity contribution in [2.75, 3.05) is 13.2 Å². The maximum atomic E-state index is 11.9. The van der Waals surface area contributed by atoms with Crippen molar-refractivity contribution in [3.05, 3.63) is 41.6 Å². The number of rotatable bonds is 6. The lowest BCUT2D eigenvalue weighted by atomic mass is 10.1. The summed E-state index contributed by atoms with van der Waals surface area (Å²) in [5.41, 5.74) is 0.273. The molecule has 4 unspecified atom stereocenters. The molecule has 10 nitrogen and oxygen atoms in total. The fourth-order valence-corrected chi connectivity index (χ4v) is 2.62.